The van der Waals surface area contributed by atoms with E-state index in [9.17, 15) is 4.79 Å². The molecule has 146 valence electrons. The van der Waals surface area contributed by atoms with Crippen LogP contribution in [0.25, 0.3) is 0 Å². The first-order chi connectivity index (χ1) is 12.8. The van der Waals surface area contributed by atoms with Crippen molar-refractivity contribution in [3.05, 3.63) is 53.6 Å². The molecule has 0 atom stereocenters. The molecule has 5 nitrogen and oxygen atoms in total. The van der Waals surface area contributed by atoms with Gasteiger partial charge in [-0.05, 0) is 70.0 Å². The Bertz CT molecular complexity index is 727. The summed E-state index contributed by atoms with van der Waals surface area (Å²) in [5.41, 5.74) is 2.52. The van der Waals surface area contributed by atoms with Crippen molar-refractivity contribution in [2.24, 2.45) is 0 Å². The van der Waals surface area contributed by atoms with Crippen LogP contribution in [-0.4, -0.2) is 32.2 Å². The highest BCUT2D eigenvalue weighted by Gasteiger charge is 2.18. The molecule has 0 saturated carbocycles. The third-order valence-electron chi connectivity index (χ3n) is 4.16. The van der Waals surface area contributed by atoms with Gasteiger partial charge in [-0.3, -0.25) is 4.79 Å². The van der Waals surface area contributed by atoms with Crippen LogP contribution in [0.5, 0.6) is 11.5 Å². The monoisotopic (exact) mass is 370 g/mol. The SMILES string of the molecule is COc1cccc(OC)c1C(=O)Nc1ccc(CCCNC(C)(C)C)cc1. The molecule has 0 bridgehead atoms. The van der Waals surface area contributed by atoms with E-state index < -0.39 is 0 Å². The second-order valence-corrected chi connectivity index (χ2v) is 7.47. The van der Waals surface area contributed by atoms with Gasteiger partial charge >= 0.3 is 0 Å². The molecule has 0 spiro atoms. The molecule has 0 unspecified atom stereocenters. The van der Waals surface area contributed by atoms with Gasteiger partial charge in [0.15, 0.2) is 0 Å². The molecule has 1 amide bonds. The lowest BCUT2D eigenvalue weighted by Crippen LogP contribution is -2.36. The summed E-state index contributed by atoms with van der Waals surface area (Å²) in [6.07, 6.45) is 2.07. The summed E-state index contributed by atoms with van der Waals surface area (Å²) >= 11 is 0. The van der Waals surface area contributed by atoms with Crippen molar-refractivity contribution in [3.63, 3.8) is 0 Å². The summed E-state index contributed by atoms with van der Waals surface area (Å²) in [6, 6.07) is 13.2. The van der Waals surface area contributed by atoms with Crippen molar-refractivity contribution in [2.45, 2.75) is 39.2 Å². The molecule has 0 aromatic heterocycles. The zero-order valence-electron chi connectivity index (χ0n) is 16.9. The van der Waals surface area contributed by atoms with Gasteiger partial charge in [-0.2, -0.15) is 0 Å². The molecule has 2 N–H and O–H groups in total. The molecular weight excluding hydrogens is 340 g/mol. The molecule has 2 aromatic carbocycles. The van der Waals surface area contributed by atoms with Gasteiger partial charge in [0, 0.05) is 11.2 Å². The maximum atomic E-state index is 12.7. The van der Waals surface area contributed by atoms with Crippen LogP contribution >= 0.6 is 0 Å². The Morgan fingerprint density at radius 2 is 1.56 bits per heavy atom. The first kappa shape index (κ1) is 20.8. The summed E-state index contributed by atoms with van der Waals surface area (Å²) in [4.78, 5) is 12.7. The van der Waals surface area contributed by atoms with Crippen molar-refractivity contribution in [3.8, 4) is 11.5 Å². The molecule has 0 heterocycles. The van der Waals surface area contributed by atoms with Gasteiger partial charge in [0.1, 0.15) is 17.1 Å². The minimum absolute atomic E-state index is 0.147. The van der Waals surface area contributed by atoms with Gasteiger partial charge in [0.25, 0.3) is 5.91 Å². The Kier molecular flexibility index (Phi) is 7.25. The van der Waals surface area contributed by atoms with Crippen LogP contribution in [0.4, 0.5) is 5.69 Å². The average molecular weight is 370 g/mol. The highest BCUT2D eigenvalue weighted by Crippen LogP contribution is 2.29. The summed E-state index contributed by atoms with van der Waals surface area (Å²) in [7, 11) is 3.07. The van der Waals surface area contributed by atoms with Crippen molar-refractivity contribution >= 4 is 11.6 Å². The van der Waals surface area contributed by atoms with Crippen molar-refractivity contribution in [2.75, 3.05) is 26.1 Å². The number of rotatable bonds is 8. The molecule has 2 rings (SSSR count). The number of benzene rings is 2. The molecule has 0 radical (unpaired) electrons. The molecule has 0 aliphatic heterocycles. The summed E-state index contributed by atoms with van der Waals surface area (Å²) in [6.45, 7) is 7.49. The quantitative estimate of drug-likeness (QED) is 0.681. The second kappa shape index (κ2) is 9.42. The van der Waals surface area contributed by atoms with Gasteiger partial charge in [0.2, 0.25) is 0 Å². The van der Waals surface area contributed by atoms with Crippen LogP contribution in [0.2, 0.25) is 0 Å². The highest BCUT2D eigenvalue weighted by molar-refractivity contribution is 6.08. The maximum Gasteiger partial charge on any atom is 0.263 e. The topological polar surface area (TPSA) is 59.6 Å². The number of nitrogens with one attached hydrogen (secondary N) is 2. The summed E-state index contributed by atoms with van der Waals surface area (Å²) in [5.74, 6) is 0.705. The van der Waals surface area contributed by atoms with E-state index in [2.05, 4.69) is 31.4 Å². The first-order valence-corrected chi connectivity index (χ1v) is 9.20. The first-order valence-electron chi connectivity index (χ1n) is 9.20. The van der Waals surface area contributed by atoms with E-state index in [1.54, 1.807) is 18.2 Å². The largest absolute Gasteiger partial charge is 0.496 e. The third-order valence-corrected chi connectivity index (χ3v) is 4.16. The van der Waals surface area contributed by atoms with E-state index in [0.717, 1.165) is 25.1 Å². The van der Waals surface area contributed by atoms with Crippen molar-refractivity contribution < 1.29 is 14.3 Å². The lowest BCUT2D eigenvalue weighted by Gasteiger charge is -2.20. The van der Waals surface area contributed by atoms with Gasteiger partial charge < -0.3 is 20.1 Å². The van der Waals surface area contributed by atoms with Crippen LogP contribution in [0.3, 0.4) is 0 Å². The lowest BCUT2D eigenvalue weighted by molar-refractivity contribution is 0.102. The number of ether oxygens (including phenoxy) is 2. The number of carbonyl (C=O) groups is 1. The highest BCUT2D eigenvalue weighted by atomic mass is 16.5. The molecule has 2 aromatic rings. The van der Waals surface area contributed by atoms with Gasteiger partial charge in [-0.25, -0.2) is 0 Å². The lowest BCUT2D eigenvalue weighted by atomic mass is 10.1. The normalized spacial score (nSPS) is 11.1. The molecule has 0 saturated heterocycles. The molecule has 0 fully saturated rings. The number of hydrogen-bond acceptors (Lipinski definition) is 4. The fourth-order valence-electron chi connectivity index (χ4n) is 2.78. The van der Waals surface area contributed by atoms with Crippen LogP contribution < -0.4 is 20.1 Å². The zero-order chi connectivity index (χ0) is 19.9. The number of aryl methyl sites for hydroxylation is 1. The Hall–Kier alpha value is -2.53. The molecule has 27 heavy (non-hydrogen) atoms. The van der Waals surface area contributed by atoms with E-state index >= 15 is 0 Å². The Balaban J connectivity index is 1.98. The zero-order valence-corrected chi connectivity index (χ0v) is 16.9. The number of methoxy groups -OCH3 is 2. The summed E-state index contributed by atoms with van der Waals surface area (Å²) < 4.78 is 10.6. The van der Waals surface area contributed by atoms with Crippen molar-refractivity contribution in [1.29, 1.82) is 0 Å². The maximum absolute atomic E-state index is 12.7. The average Bonchev–Trinajstić information content (AvgIpc) is 2.64. The fraction of sp³-hybridized carbons (Fsp3) is 0.409. The van der Waals surface area contributed by atoms with Gasteiger partial charge in [-0.15, -0.1) is 0 Å². The molecule has 5 heteroatoms. The standard InChI is InChI=1S/C22H30N2O3/c1-22(2,3)23-15-7-8-16-11-13-17(14-12-16)24-21(25)20-18(26-4)9-6-10-19(20)27-5/h6,9-14,23H,7-8,15H2,1-5H3,(H,24,25). The molecule has 0 aliphatic carbocycles. The van der Waals surface area contributed by atoms with E-state index in [-0.39, 0.29) is 11.4 Å². The van der Waals surface area contributed by atoms with E-state index in [1.807, 2.05) is 24.3 Å². The third kappa shape index (κ3) is 6.29. The van der Waals surface area contributed by atoms with Gasteiger partial charge in [0.05, 0.1) is 14.2 Å². The summed E-state index contributed by atoms with van der Waals surface area (Å²) in [5, 5.41) is 6.40. The van der Waals surface area contributed by atoms with Crippen LogP contribution in [-0.2, 0) is 6.42 Å². The Morgan fingerprint density at radius 3 is 2.07 bits per heavy atom. The van der Waals surface area contributed by atoms with Crippen LogP contribution in [0.1, 0.15) is 43.1 Å². The predicted octanol–water partition coefficient (Wildman–Crippen LogP) is 4.28. The van der Waals surface area contributed by atoms with Crippen molar-refractivity contribution in [1.82, 2.24) is 5.32 Å². The number of hydrogen-bond donors (Lipinski definition) is 2. The van der Waals surface area contributed by atoms with Crippen LogP contribution in [0, 0.1) is 0 Å². The van der Waals surface area contributed by atoms with E-state index in [0.29, 0.717) is 17.1 Å². The molecular formula is C22H30N2O3. The predicted molar refractivity (Wildman–Crippen MR) is 110 cm³/mol. The molecule has 0 aliphatic rings. The number of anilines is 1. The minimum Gasteiger partial charge on any atom is -0.496 e. The number of amides is 1. The van der Waals surface area contributed by atoms with Gasteiger partial charge in [-0.1, -0.05) is 18.2 Å². The Labute approximate surface area is 162 Å². The fourth-order valence-corrected chi connectivity index (χ4v) is 2.78. The van der Waals surface area contributed by atoms with E-state index in [4.69, 9.17) is 9.47 Å². The van der Waals surface area contributed by atoms with Crippen LogP contribution in [0.15, 0.2) is 42.5 Å². The Morgan fingerprint density at radius 1 is 0.963 bits per heavy atom. The smallest absolute Gasteiger partial charge is 0.263 e. The number of carbonyl (C=O) groups excluding carboxylic acids is 1. The van der Waals surface area contributed by atoms with E-state index in [1.165, 1.54) is 19.8 Å². The minimum atomic E-state index is -0.258. The second-order valence-electron chi connectivity index (χ2n) is 7.47.